The van der Waals surface area contributed by atoms with E-state index in [9.17, 15) is 4.79 Å². The lowest BCUT2D eigenvalue weighted by atomic mass is 10.3. The second-order valence-corrected chi connectivity index (χ2v) is 4.29. The molecule has 0 fully saturated rings. The maximum absolute atomic E-state index is 11.2. The number of thiocarbonyl (C=S) groups is 1. The van der Waals surface area contributed by atoms with E-state index < -0.39 is 0 Å². The molecule has 0 aliphatic heterocycles. The molecular formula is C11H14ClN3OS. The summed E-state index contributed by atoms with van der Waals surface area (Å²) in [5, 5.41) is 6.70. The van der Waals surface area contributed by atoms with Crippen LogP contribution in [-0.4, -0.2) is 36.6 Å². The van der Waals surface area contributed by atoms with E-state index in [4.69, 9.17) is 23.8 Å². The van der Waals surface area contributed by atoms with Gasteiger partial charge in [-0.05, 0) is 36.5 Å². The standard InChI is InChI=1S/C11H14ClN3OS/c1-13-10(16)7-15(2)11(17)14-9-5-3-8(12)4-6-9/h3-6H,7H2,1-2H3,(H,13,16)(H,14,17). The van der Waals surface area contributed by atoms with Crippen LogP contribution in [0.2, 0.25) is 5.02 Å². The molecule has 0 aliphatic rings. The molecule has 1 aromatic carbocycles. The van der Waals surface area contributed by atoms with Crippen molar-refractivity contribution < 1.29 is 4.79 Å². The topological polar surface area (TPSA) is 44.4 Å². The van der Waals surface area contributed by atoms with Gasteiger partial charge >= 0.3 is 0 Å². The number of hydrogen-bond donors (Lipinski definition) is 2. The number of benzene rings is 1. The Labute approximate surface area is 111 Å². The summed E-state index contributed by atoms with van der Waals surface area (Å²) in [5.41, 5.74) is 0.836. The number of anilines is 1. The smallest absolute Gasteiger partial charge is 0.239 e. The first-order valence-corrected chi connectivity index (χ1v) is 5.80. The van der Waals surface area contributed by atoms with Gasteiger partial charge in [-0.15, -0.1) is 0 Å². The summed E-state index contributed by atoms with van der Waals surface area (Å²) < 4.78 is 0. The number of nitrogens with one attached hydrogen (secondary N) is 2. The van der Waals surface area contributed by atoms with Crippen molar-refractivity contribution >= 4 is 40.5 Å². The van der Waals surface area contributed by atoms with Gasteiger partial charge in [-0.1, -0.05) is 11.6 Å². The van der Waals surface area contributed by atoms with Gasteiger partial charge in [-0.3, -0.25) is 4.79 Å². The minimum atomic E-state index is -0.0900. The number of amides is 1. The monoisotopic (exact) mass is 271 g/mol. The molecular weight excluding hydrogens is 258 g/mol. The Bertz CT molecular complexity index is 408. The molecule has 0 unspecified atom stereocenters. The van der Waals surface area contributed by atoms with E-state index >= 15 is 0 Å². The molecule has 2 N–H and O–H groups in total. The highest BCUT2D eigenvalue weighted by atomic mass is 35.5. The van der Waals surface area contributed by atoms with Gasteiger partial charge in [0, 0.05) is 24.8 Å². The summed E-state index contributed by atoms with van der Waals surface area (Å²) in [6.45, 7) is 0.218. The van der Waals surface area contributed by atoms with Crippen molar-refractivity contribution in [3.63, 3.8) is 0 Å². The molecule has 0 aliphatic carbocycles. The molecule has 0 aromatic heterocycles. The van der Waals surface area contributed by atoms with Gasteiger partial charge in [0.05, 0.1) is 6.54 Å². The fourth-order valence-electron chi connectivity index (χ4n) is 1.12. The molecule has 0 radical (unpaired) electrons. The minimum absolute atomic E-state index is 0.0900. The average molecular weight is 272 g/mol. The quantitative estimate of drug-likeness (QED) is 0.822. The molecule has 1 amide bonds. The van der Waals surface area contributed by atoms with Crippen molar-refractivity contribution in [1.29, 1.82) is 0 Å². The summed E-state index contributed by atoms with van der Waals surface area (Å²) in [6, 6.07) is 7.18. The van der Waals surface area contributed by atoms with Gasteiger partial charge in [0.1, 0.15) is 0 Å². The lowest BCUT2D eigenvalue weighted by Crippen LogP contribution is -2.39. The maximum Gasteiger partial charge on any atom is 0.239 e. The molecule has 92 valence electrons. The van der Waals surface area contributed by atoms with Crippen molar-refractivity contribution in [2.75, 3.05) is 26.0 Å². The van der Waals surface area contributed by atoms with Crippen LogP contribution < -0.4 is 10.6 Å². The van der Waals surface area contributed by atoms with Gasteiger partial charge in [0.2, 0.25) is 5.91 Å². The summed E-state index contributed by atoms with van der Waals surface area (Å²) >= 11 is 10.9. The number of nitrogens with zero attached hydrogens (tertiary/aromatic N) is 1. The summed E-state index contributed by atoms with van der Waals surface area (Å²) in [7, 11) is 3.34. The zero-order valence-electron chi connectivity index (χ0n) is 9.66. The highest BCUT2D eigenvalue weighted by molar-refractivity contribution is 7.80. The van der Waals surface area contributed by atoms with E-state index in [1.54, 1.807) is 31.1 Å². The van der Waals surface area contributed by atoms with Gasteiger partial charge in [0.15, 0.2) is 5.11 Å². The fourth-order valence-corrected chi connectivity index (χ4v) is 1.43. The summed E-state index contributed by atoms with van der Waals surface area (Å²) in [6.07, 6.45) is 0. The van der Waals surface area contributed by atoms with Crippen molar-refractivity contribution in [3.8, 4) is 0 Å². The van der Waals surface area contributed by atoms with E-state index in [-0.39, 0.29) is 12.5 Å². The molecule has 0 bridgehead atoms. The van der Waals surface area contributed by atoms with E-state index in [1.807, 2.05) is 12.1 Å². The number of carbonyl (C=O) groups is 1. The zero-order chi connectivity index (χ0) is 12.8. The number of halogens is 1. The molecule has 1 rings (SSSR count). The first-order chi connectivity index (χ1) is 8.02. The number of likely N-dealkylation sites (N-methyl/N-ethyl adjacent to an activating group) is 2. The Balaban J connectivity index is 2.54. The van der Waals surface area contributed by atoms with Gasteiger partial charge in [-0.25, -0.2) is 0 Å². The number of rotatable bonds is 3. The third kappa shape index (κ3) is 4.58. The molecule has 0 heterocycles. The van der Waals surface area contributed by atoms with Crippen LogP contribution in [0, 0.1) is 0 Å². The molecule has 4 nitrogen and oxygen atoms in total. The van der Waals surface area contributed by atoms with Crippen molar-refractivity contribution in [2.24, 2.45) is 0 Å². The van der Waals surface area contributed by atoms with Crippen LogP contribution in [0.5, 0.6) is 0 Å². The number of carbonyl (C=O) groups excluding carboxylic acids is 1. The first kappa shape index (κ1) is 13.7. The highest BCUT2D eigenvalue weighted by Gasteiger charge is 2.08. The lowest BCUT2D eigenvalue weighted by molar-refractivity contribution is -0.120. The fraction of sp³-hybridized carbons (Fsp3) is 0.273. The maximum atomic E-state index is 11.2. The van der Waals surface area contributed by atoms with E-state index in [0.29, 0.717) is 10.1 Å². The van der Waals surface area contributed by atoms with Crippen LogP contribution >= 0.6 is 23.8 Å². The third-order valence-corrected chi connectivity index (χ3v) is 2.77. The summed E-state index contributed by atoms with van der Waals surface area (Å²) in [5.74, 6) is -0.0900. The van der Waals surface area contributed by atoms with Crippen LogP contribution in [0.4, 0.5) is 5.69 Å². The zero-order valence-corrected chi connectivity index (χ0v) is 11.2. The van der Waals surface area contributed by atoms with Gasteiger partial charge < -0.3 is 15.5 Å². The Morgan fingerprint density at radius 2 is 2.00 bits per heavy atom. The second kappa shape index (κ2) is 6.42. The Morgan fingerprint density at radius 1 is 1.41 bits per heavy atom. The Morgan fingerprint density at radius 3 is 2.53 bits per heavy atom. The number of hydrogen-bond acceptors (Lipinski definition) is 2. The average Bonchev–Trinajstić information content (AvgIpc) is 2.31. The largest absolute Gasteiger partial charge is 0.358 e. The molecule has 0 atom stereocenters. The van der Waals surface area contributed by atoms with E-state index in [2.05, 4.69) is 10.6 Å². The first-order valence-electron chi connectivity index (χ1n) is 5.01. The molecule has 0 saturated heterocycles. The Kier molecular flexibility index (Phi) is 5.18. The Hall–Kier alpha value is -1.33. The molecule has 17 heavy (non-hydrogen) atoms. The predicted octanol–water partition coefficient (Wildman–Crippen LogP) is 1.71. The van der Waals surface area contributed by atoms with Crippen LogP contribution in [0.15, 0.2) is 24.3 Å². The van der Waals surface area contributed by atoms with Crippen LogP contribution in [0.1, 0.15) is 0 Å². The van der Waals surface area contributed by atoms with Crippen LogP contribution in [0.3, 0.4) is 0 Å². The van der Waals surface area contributed by atoms with Gasteiger partial charge in [-0.2, -0.15) is 0 Å². The predicted molar refractivity (Wildman–Crippen MR) is 74.4 cm³/mol. The van der Waals surface area contributed by atoms with Crippen molar-refractivity contribution in [1.82, 2.24) is 10.2 Å². The van der Waals surface area contributed by atoms with Crippen molar-refractivity contribution in [3.05, 3.63) is 29.3 Å². The SMILES string of the molecule is CNC(=O)CN(C)C(=S)Nc1ccc(Cl)cc1. The molecule has 0 saturated carbocycles. The van der Waals surface area contributed by atoms with Gasteiger partial charge in [0.25, 0.3) is 0 Å². The molecule has 0 spiro atoms. The highest BCUT2D eigenvalue weighted by Crippen LogP contribution is 2.13. The summed E-state index contributed by atoms with van der Waals surface area (Å²) in [4.78, 5) is 12.8. The third-order valence-electron chi connectivity index (χ3n) is 2.10. The van der Waals surface area contributed by atoms with E-state index in [0.717, 1.165) is 5.69 Å². The molecule has 1 aromatic rings. The molecule has 6 heteroatoms. The van der Waals surface area contributed by atoms with Crippen molar-refractivity contribution in [2.45, 2.75) is 0 Å². The van der Waals surface area contributed by atoms with Crippen LogP contribution in [0.25, 0.3) is 0 Å². The normalized spacial score (nSPS) is 9.59. The van der Waals surface area contributed by atoms with E-state index in [1.165, 1.54) is 0 Å². The second-order valence-electron chi connectivity index (χ2n) is 3.47. The lowest BCUT2D eigenvalue weighted by Gasteiger charge is -2.20. The minimum Gasteiger partial charge on any atom is -0.358 e. The van der Waals surface area contributed by atoms with Crippen LogP contribution in [-0.2, 0) is 4.79 Å².